The van der Waals surface area contributed by atoms with Crippen molar-refractivity contribution in [2.45, 2.75) is 32.3 Å². The zero-order chi connectivity index (χ0) is 12.8. The van der Waals surface area contributed by atoms with Gasteiger partial charge in [-0.15, -0.1) is 0 Å². The fourth-order valence-electron chi connectivity index (χ4n) is 2.23. The molecule has 0 radical (unpaired) electrons. The van der Waals surface area contributed by atoms with Gasteiger partial charge >= 0.3 is 0 Å². The highest BCUT2D eigenvalue weighted by molar-refractivity contribution is 5.45. The largest absolute Gasteiger partial charge is 0.376 e. The second kappa shape index (κ2) is 6.36. The summed E-state index contributed by atoms with van der Waals surface area (Å²) in [4.78, 5) is 6.56. The Balaban J connectivity index is 2.01. The van der Waals surface area contributed by atoms with Gasteiger partial charge in [-0.25, -0.2) is 4.98 Å². The van der Waals surface area contributed by atoms with Crippen molar-refractivity contribution < 1.29 is 4.74 Å². The fraction of sp³-hybridized carbons (Fsp3) is 0.571. The molecule has 1 atom stereocenters. The summed E-state index contributed by atoms with van der Waals surface area (Å²) in [5.74, 6) is 0.888. The summed E-state index contributed by atoms with van der Waals surface area (Å²) in [6.07, 6.45) is 5.29. The van der Waals surface area contributed by atoms with Gasteiger partial charge in [-0.2, -0.15) is 5.26 Å². The molecule has 4 heteroatoms. The molecule has 1 fully saturated rings. The number of hydrogen-bond acceptors (Lipinski definition) is 4. The molecule has 2 heterocycles. The minimum atomic E-state index is 0.297. The Bertz CT molecular complexity index is 427. The average molecular weight is 245 g/mol. The monoisotopic (exact) mass is 245 g/mol. The Morgan fingerprint density at radius 3 is 3.28 bits per heavy atom. The molecule has 0 spiro atoms. The third-order valence-electron chi connectivity index (χ3n) is 3.13. The Morgan fingerprint density at radius 1 is 1.61 bits per heavy atom. The van der Waals surface area contributed by atoms with Crippen molar-refractivity contribution >= 4 is 5.82 Å². The van der Waals surface area contributed by atoms with E-state index in [2.05, 4.69) is 22.9 Å². The molecular formula is C14H19N3O. The molecule has 0 aromatic carbocycles. The van der Waals surface area contributed by atoms with Gasteiger partial charge in [0.25, 0.3) is 0 Å². The fourth-order valence-corrected chi connectivity index (χ4v) is 2.23. The summed E-state index contributed by atoms with van der Waals surface area (Å²) in [7, 11) is 0. The van der Waals surface area contributed by atoms with Crippen LogP contribution in [-0.4, -0.2) is 30.8 Å². The molecule has 18 heavy (non-hydrogen) atoms. The van der Waals surface area contributed by atoms with Crippen LogP contribution in [0.3, 0.4) is 0 Å². The number of nitrogens with zero attached hydrogens (tertiary/aromatic N) is 3. The molecule has 0 N–H and O–H groups in total. The molecule has 96 valence electrons. The van der Waals surface area contributed by atoms with Crippen LogP contribution < -0.4 is 4.90 Å². The van der Waals surface area contributed by atoms with E-state index >= 15 is 0 Å². The number of pyridine rings is 1. The van der Waals surface area contributed by atoms with Gasteiger partial charge in [-0.1, -0.05) is 6.92 Å². The first-order valence-corrected chi connectivity index (χ1v) is 6.56. The molecule has 1 saturated heterocycles. The van der Waals surface area contributed by atoms with Crippen molar-refractivity contribution in [3.63, 3.8) is 0 Å². The van der Waals surface area contributed by atoms with Crippen molar-refractivity contribution in [2.75, 3.05) is 24.6 Å². The maximum absolute atomic E-state index is 8.91. The van der Waals surface area contributed by atoms with Gasteiger partial charge in [0.2, 0.25) is 0 Å². The van der Waals surface area contributed by atoms with E-state index in [0.717, 1.165) is 44.8 Å². The SMILES string of the molecule is CCCOC1CCCN(c2cc(C#N)ccn2)C1. The van der Waals surface area contributed by atoms with Crippen molar-refractivity contribution in [1.29, 1.82) is 5.26 Å². The summed E-state index contributed by atoms with van der Waals surface area (Å²) in [5.41, 5.74) is 0.664. The van der Waals surface area contributed by atoms with Crippen LogP contribution in [0.5, 0.6) is 0 Å². The highest BCUT2D eigenvalue weighted by Gasteiger charge is 2.21. The minimum Gasteiger partial charge on any atom is -0.376 e. The van der Waals surface area contributed by atoms with E-state index in [1.54, 1.807) is 12.3 Å². The van der Waals surface area contributed by atoms with Gasteiger partial charge in [0.15, 0.2) is 0 Å². The van der Waals surface area contributed by atoms with Crippen LogP contribution in [0.4, 0.5) is 5.82 Å². The molecule has 0 aliphatic carbocycles. The molecule has 1 aliphatic heterocycles. The molecule has 4 nitrogen and oxygen atoms in total. The van der Waals surface area contributed by atoms with E-state index in [1.165, 1.54) is 0 Å². The predicted octanol–water partition coefficient (Wildman–Crippen LogP) is 2.35. The lowest BCUT2D eigenvalue weighted by Crippen LogP contribution is -2.40. The van der Waals surface area contributed by atoms with Crippen LogP contribution in [0.15, 0.2) is 18.3 Å². The van der Waals surface area contributed by atoms with E-state index in [-0.39, 0.29) is 0 Å². The number of nitriles is 1. The second-order valence-corrected chi connectivity index (χ2v) is 4.60. The molecule has 1 unspecified atom stereocenters. The zero-order valence-electron chi connectivity index (χ0n) is 10.8. The molecule has 0 bridgehead atoms. The topological polar surface area (TPSA) is 49.1 Å². The van der Waals surface area contributed by atoms with Gasteiger partial charge in [0, 0.05) is 25.9 Å². The molecule has 1 aliphatic rings. The predicted molar refractivity (Wildman–Crippen MR) is 70.4 cm³/mol. The summed E-state index contributed by atoms with van der Waals surface area (Å²) in [6.45, 7) is 4.82. The van der Waals surface area contributed by atoms with Crippen LogP contribution in [0.1, 0.15) is 31.7 Å². The van der Waals surface area contributed by atoms with Crippen LogP contribution in [0.2, 0.25) is 0 Å². The molecule has 1 aromatic heterocycles. The van der Waals surface area contributed by atoms with Crippen molar-refractivity contribution in [3.8, 4) is 6.07 Å². The first kappa shape index (κ1) is 12.8. The van der Waals surface area contributed by atoms with Crippen LogP contribution in [0, 0.1) is 11.3 Å². The quantitative estimate of drug-likeness (QED) is 0.817. The Hall–Kier alpha value is -1.60. The van der Waals surface area contributed by atoms with Gasteiger partial charge < -0.3 is 9.64 Å². The molecule has 0 amide bonds. The van der Waals surface area contributed by atoms with Gasteiger partial charge in [-0.3, -0.25) is 0 Å². The third kappa shape index (κ3) is 3.21. The van der Waals surface area contributed by atoms with Gasteiger partial charge in [0.1, 0.15) is 5.82 Å². The van der Waals surface area contributed by atoms with E-state index in [9.17, 15) is 0 Å². The van der Waals surface area contributed by atoms with E-state index < -0.39 is 0 Å². The first-order valence-electron chi connectivity index (χ1n) is 6.56. The summed E-state index contributed by atoms with van der Waals surface area (Å²) >= 11 is 0. The van der Waals surface area contributed by atoms with E-state index in [4.69, 9.17) is 10.00 Å². The zero-order valence-corrected chi connectivity index (χ0v) is 10.8. The van der Waals surface area contributed by atoms with Crippen molar-refractivity contribution in [2.24, 2.45) is 0 Å². The Labute approximate surface area is 108 Å². The lowest BCUT2D eigenvalue weighted by Gasteiger charge is -2.33. The number of ether oxygens (including phenoxy) is 1. The average Bonchev–Trinajstić information content (AvgIpc) is 2.45. The first-order chi connectivity index (χ1) is 8.83. The van der Waals surface area contributed by atoms with Crippen molar-refractivity contribution in [1.82, 2.24) is 4.98 Å². The van der Waals surface area contributed by atoms with Crippen LogP contribution in [0.25, 0.3) is 0 Å². The maximum Gasteiger partial charge on any atom is 0.129 e. The van der Waals surface area contributed by atoms with E-state index in [0.29, 0.717) is 11.7 Å². The number of anilines is 1. The number of rotatable bonds is 4. The Morgan fingerprint density at radius 2 is 2.50 bits per heavy atom. The highest BCUT2D eigenvalue weighted by Crippen LogP contribution is 2.20. The second-order valence-electron chi connectivity index (χ2n) is 4.60. The van der Waals surface area contributed by atoms with Gasteiger partial charge in [-0.05, 0) is 31.4 Å². The summed E-state index contributed by atoms with van der Waals surface area (Å²) in [5, 5.41) is 8.91. The lowest BCUT2D eigenvalue weighted by atomic mass is 10.1. The Kier molecular flexibility index (Phi) is 4.54. The standard InChI is InChI=1S/C14H19N3O/c1-2-8-18-13-4-3-7-17(11-13)14-9-12(10-15)5-6-16-14/h5-6,9,13H,2-4,7-8,11H2,1H3. The van der Waals surface area contributed by atoms with Crippen LogP contribution in [-0.2, 0) is 4.74 Å². The summed E-state index contributed by atoms with van der Waals surface area (Å²) < 4.78 is 5.81. The van der Waals surface area contributed by atoms with Crippen molar-refractivity contribution in [3.05, 3.63) is 23.9 Å². The smallest absolute Gasteiger partial charge is 0.129 e. The number of aromatic nitrogens is 1. The highest BCUT2D eigenvalue weighted by atomic mass is 16.5. The summed E-state index contributed by atoms with van der Waals surface area (Å²) in [6, 6.07) is 5.74. The molecule has 0 saturated carbocycles. The number of piperidine rings is 1. The molecule has 1 aromatic rings. The minimum absolute atomic E-state index is 0.297. The van der Waals surface area contributed by atoms with E-state index in [1.807, 2.05) is 6.07 Å². The van der Waals surface area contributed by atoms with Crippen LogP contribution >= 0.6 is 0 Å². The molecular weight excluding hydrogens is 226 g/mol. The maximum atomic E-state index is 8.91. The molecule has 2 rings (SSSR count). The third-order valence-corrected chi connectivity index (χ3v) is 3.13. The normalized spacial score (nSPS) is 19.6. The lowest BCUT2D eigenvalue weighted by molar-refractivity contribution is 0.0439. The van der Waals surface area contributed by atoms with Gasteiger partial charge in [0.05, 0.1) is 17.7 Å². The number of hydrogen-bond donors (Lipinski definition) is 0.